The van der Waals surface area contributed by atoms with E-state index >= 15 is 0 Å². The second kappa shape index (κ2) is 4.33. The molecule has 1 unspecified atom stereocenters. The Hall–Kier alpha value is -1.22. The van der Waals surface area contributed by atoms with Gasteiger partial charge < -0.3 is 14.8 Å². The lowest BCUT2D eigenvalue weighted by molar-refractivity contribution is 0.217. The van der Waals surface area contributed by atoms with Gasteiger partial charge >= 0.3 is 0 Å². The van der Waals surface area contributed by atoms with Gasteiger partial charge in [-0.05, 0) is 25.1 Å². The van der Waals surface area contributed by atoms with Crippen LogP contribution in [0.15, 0.2) is 24.3 Å². The molecule has 3 nitrogen and oxygen atoms in total. The van der Waals surface area contributed by atoms with Crippen molar-refractivity contribution >= 4 is 0 Å². The third-order valence-electron chi connectivity index (χ3n) is 2.42. The molecular weight excluding hydrogens is 178 g/mol. The summed E-state index contributed by atoms with van der Waals surface area (Å²) in [6, 6.07) is 8.22. The van der Waals surface area contributed by atoms with Gasteiger partial charge in [-0.15, -0.1) is 0 Å². The van der Waals surface area contributed by atoms with Gasteiger partial charge in [0, 0.05) is 12.1 Å². The Morgan fingerprint density at radius 1 is 1.43 bits per heavy atom. The third kappa shape index (κ3) is 2.17. The van der Waals surface area contributed by atoms with Crippen molar-refractivity contribution in [3.8, 4) is 11.5 Å². The largest absolute Gasteiger partial charge is 0.497 e. The van der Waals surface area contributed by atoms with E-state index in [0.29, 0.717) is 6.04 Å². The van der Waals surface area contributed by atoms with Crippen LogP contribution in [0.1, 0.15) is 6.42 Å². The molecule has 1 aliphatic heterocycles. The highest BCUT2D eigenvalue weighted by Crippen LogP contribution is 2.19. The van der Waals surface area contributed by atoms with Crippen LogP contribution in [-0.4, -0.2) is 26.3 Å². The topological polar surface area (TPSA) is 30.5 Å². The van der Waals surface area contributed by atoms with Crippen LogP contribution in [0.25, 0.3) is 0 Å². The molecule has 1 aromatic rings. The SMILES string of the molecule is COc1cccc(OCC2CCN2)c1. The average molecular weight is 193 g/mol. The summed E-state index contributed by atoms with van der Waals surface area (Å²) in [6.45, 7) is 1.86. The summed E-state index contributed by atoms with van der Waals surface area (Å²) in [5.41, 5.74) is 0. The average Bonchev–Trinajstić information content (AvgIpc) is 2.16. The number of nitrogens with one attached hydrogen (secondary N) is 1. The molecule has 1 aromatic carbocycles. The van der Waals surface area contributed by atoms with E-state index in [1.54, 1.807) is 7.11 Å². The molecule has 0 bridgehead atoms. The molecule has 0 aromatic heterocycles. The lowest BCUT2D eigenvalue weighted by atomic mass is 10.1. The molecule has 1 saturated heterocycles. The van der Waals surface area contributed by atoms with Gasteiger partial charge in [0.2, 0.25) is 0 Å². The van der Waals surface area contributed by atoms with Crippen molar-refractivity contribution in [1.82, 2.24) is 5.32 Å². The lowest BCUT2D eigenvalue weighted by Gasteiger charge is -2.27. The second-order valence-electron chi connectivity index (χ2n) is 3.43. The van der Waals surface area contributed by atoms with Gasteiger partial charge in [-0.2, -0.15) is 0 Å². The Kier molecular flexibility index (Phi) is 2.89. The van der Waals surface area contributed by atoms with Gasteiger partial charge in [0.15, 0.2) is 0 Å². The summed E-state index contributed by atoms with van der Waals surface area (Å²) in [5.74, 6) is 1.71. The molecule has 2 rings (SSSR count). The fourth-order valence-corrected chi connectivity index (χ4v) is 1.38. The van der Waals surface area contributed by atoms with Crippen molar-refractivity contribution in [2.45, 2.75) is 12.5 Å². The van der Waals surface area contributed by atoms with Crippen molar-refractivity contribution in [3.05, 3.63) is 24.3 Å². The molecule has 0 saturated carbocycles. The molecule has 1 aliphatic rings. The Morgan fingerprint density at radius 3 is 2.86 bits per heavy atom. The third-order valence-corrected chi connectivity index (χ3v) is 2.42. The lowest BCUT2D eigenvalue weighted by Crippen LogP contribution is -2.46. The second-order valence-corrected chi connectivity index (χ2v) is 3.43. The summed E-state index contributed by atoms with van der Waals surface area (Å²) >= 11 is 0. The van der Waals surface area contributed by atoms with E-state index in [1.807, 2.05) is 24.3 Å². The normalized spacial score (nSPS) is 19.9. The number of hydrogen-bond donors (Lipinski definition) is 1. The van der Waals surface area contributed by atoms with Crippen LogP contribution in [0.4, 0.5) is 0 Å². The maximum absolute atomic E-state index is 5.61. The molecule has 1 heterocycles. The summed E-state index contributed by atoms with van der Waals surface area (Å²) in [4.78, 5) is 0. The number of hydrogen-bond acceptors (Lipinski definition) is 3. The Balaban J connectivity index is 1.87. The van der Waals surface area contributed by atoms with Crippen LogP contribution in [0.5, 0.6) is 11.5 Å². The van der Waals surface area contributed by atoms with Crippen molar-refractivity contribution in [2.24, 2.45) is 0 Å². The first-order valence-corrected chi connectivity index (χ1v) is 4.89. The zero-order valence-electron chi connectivity index (χ0n) is 8.32. The Bertz CT molecular complexity index is 297. The quantitative estimate of drug-likeness (QED) is 0.784. The van der Waals surface area contributed by atoms with Crippen LogP contribution in [0.3, 0.4) is 0 Å². The summed E-state index contributed by atoms with van der Waals surface area (Å²) < 4.78 is 10.7. The summed E-state index contributed by atoms with van der Waals surface area (Å²) in [5, 5.41) is 3.29. The highest BCUT2D eigenvalue weighted by molar-refractivity contribution is 5.32. The Labute approximate surface area is 84.0 Å². The van der Waals surface area contributed by atoms with E-state index < -0.39 is 0 Å². The Morgan fingerprint density at radius 2 is 2.21 bits per heavy atom. The first kappa shape index (κ1) is 9.34. The standard InChI is InChI=1S/C11H15NO2/c1-13-10-3-2-4-11(7-10)14-8-9-5-6-12-9/h2-4,7,9,12H,5-6,8H2,1H3. The first-order valence-electron chi connectivity index (χ1n) is 4.89. The van der Waals surface area contributed by atoms with E-state index in [0.717, 1.165) is 24.7 Å². The molecule has 0 amide bonds. The molecule has 3 heteroatoms. The van der Waals surface area contributed by atoms with Crippen LogP contribution in [-0.2, 0) is 0 Å². The zero-order valence-corrected chi connectivity index (χ0v) is 8.32. The highest BCUT2D eigenvalue weighted by atomic mass is 16.5. The summed E-state index contributed by atoms with van der Waals surface area (Å²) in [6.07, 6.45) is 1.21. The molecular formula is C11H15NO2. The smallest absolute Gasteiger partial charge is 0.123 e. The van der Waals surface area contributed by atoms with Gasteiger partial charge in [-0.25, -0.2) is 0 Å². The predicted octanol–water partition coefficient (Wildman–Crippen LogP) is 1.44. The van der Waals surface area contributed by atoms with Gasteiger partial charge in [-0.3, -0.25) is 0 Å². The molecule has 1 atom stereocenters. The van der Waals surface area contributed by atoms with Gasteiger partial charge in [0.05, 0.1) is 7.11 Å². The van der Waals surface area contributed by atoms with E-state index in [-0.39, 0.29) is 0 Å². The zero-order chi connectivity index (χ0) is 9.80. The van der Waals surface area contributed by atoms with Crippen molar-refractivity contribution < 1.29 is 9.47 Å². The molecule has 1 fully saturated rings. The van der Waals surface area contributed by atoms with E-state index in [9.17, 15) is 0 Å². The van der Waals surface area contributed by atoms with Crippen LogP contribution in [0.2, 0.25) is 0 Å². The van der Waals surface area contributed by atoms with Gasteiger partial charge in [-0.1, -0.05) is 6.07 Å². The molecule has 1 N–H and O–H groups in total. The van der Waals surface area contributed by atoms with Crippen molar-refractivity contribution in [2.75, 3.05) is 20.3 Å². The molecule has 0 spiro atoms. The number of rotatable bonds is 4. The highest BCUT2D eigenvalue weighted by Gasteiger charge is 2.16. The van der Waals surface area contributed by atoms with Gasteiger partial charge in [0.25, 0.3) is 0 Å². The molecule has 0 radical (unpaired) electrons. The van der Waals surface area contributed by atoms with Crippen molar-refractivity contribution in [3.63, 3.8) is 0 Å². The van der Waals surface area contributed by atoms with Crippen LogP contribution >= 0.6 is 0 Å². The minimum Gasteiger partial charge on any atom is -0.497 e. The fourth-order valence-electron chi connectivity index (χ4n) is 1.38. The fraction of sp³-hybridized carbons (Fsp3) is 0.455. The molecule has 0 aliphatic carbocycles. The number of benzene rings is 1. The van der Waals surface area contributed by atoms with Crippen molar-refractivity contribution in [1.29, 1.82) is 0 Å². The summed E-state index contributed by atoms with van der Waals surface area (Å²) in [7, 11) is 1.66. The first-order chi connectivity index (χ1) is 6.88. The minimum atomic E-state index is 0.529. The van der Waals surface area contributed by atoms with E-state index in [1.165, 1.54) is 6.42 Å². The number of methoxy groups -OCH3 is 1. The maximum Gasteiger partial charge on any atom is 0.123 e. The van der Waals surface area contributed by atoms with E-state index in [4.69, 9.17) is 9.47 Å². The maximum atomic E-state index is 5.61. The van der Waals surface area contributed by atoms with Crippen LogP contribution in [0, 0.1) is 0 Å². The predicted molar refractivity (Wildman–Crippen MR) is 54.9 cm³/mol. The monoisotopic (exact) mass is 193 g/mol. The van der Waals surface area contributed by atoms with Gasteiger partial charge in [0.1, 0.15) is 18.1 Å². The molecule has 76 valence electrons. The minimum absolute atomic E-state index is 0.529. The van der Waals surface area contributed by atoms with Crippen LogP contribution < -0.4 is 14.8 Å². The number of ether oxygens (including phenoxy) is 2. The molecule has 14 heavy (non-hydrogen) atoms. The van der Waals surface area contributed by atoms with E-state index in [2.05, 4.69) is 5.32 Å².